The molecule has 1 saturated heterocycles. The standard InChI is InChI=1S/C21H23Cl3N2O4S/c1-14-8-17(2-3-19(14)24)30-13-21(12-20(25)27)4-6-26(7-5-21)31(28,29)18-10-15(22)9-16(23)11-18/h2-3,8-11H,4-7,12-13H2,1H3,(H2,25,27). The van der Waals surface area contributed by atoms with Crippen molar-refractivity contribution in [2.24, 2.45) is 11.1 Å². The molecular weight excluding hydrogens is 483 g/mol. The fourth-order valence-electron chi connectivity index (χ4n) is 3.71. The predicted molar refractivity (Wildman–Crippen MR) is 122 cm³/mol. The van der Waals surface area contributed by atoms with E-state index in [9.17, 15) is 13.2 Å². The largest absolute Gasteiger partial charge is 0.493 e. The third-order valence-corrected chi connectivity index (χ3v) is 8.22. The van der Waals surface area contributed by atoms with Gasteiger partial charge in [0.2, 0.25) is 15.9 Å². The number of amides is 1. The van der Waals surface area contributed by atoms with Crippen molar-refractivity contribution in [3.8, 4) is 5.75 Å². The van der Waals surface area contributed by atoms with E-state index in [2.05, 4.69) is 0 Å². The van der Waals surface area contributed by atoms with Gasteiger partial charge in [-0.05, 0) is 61.7 Å². The smallest absolute Gasteiger partial charge is 0.243 e. The Hall–Kier alpha value is -1.51. The molecule has 1 aliphatic rings. The Morgan fingerprint density at radius 3 is 2.26 bits per heavy atom. The van der Waals surface area contributed by atoms with Gasteiger partial charge in [0, 0.05) is 40.0 Å². The maximum Gasteiger partial charge on any atom is 0.243 e. The molecule has 1 aliphatic heterocycles. The van der Waals surface area contributed by atoms with Gasteiger partial charge in [0.1, 0.15) is 5.75 Å². The minimum Gasteiger partial charge on any atom is -0.493 e. The van der Waals surface area contributed by atoms with Gasteiger partial charge in [0.15, 0.2) is 0 Å². The van der Waals surface area contributed by atoms with Crippen molar-refractivity contribution in [1.29, 1.82) is 0 Å². The molecule has 10 heteroatoms. The summed E-state index contributed by atoms with van der Waals surface area (Å²) in [5.41, 5.74) is 5.81. The molecule has 0 unspecified atom stereocenters. The van der Waals surface area contributed by atoms with Gasteiger partial charge in [-0.3, -0.25) is 4.79 Å². The number of hydrogen-bond acceptors (Lipinski definition) is 4. The van der Waals surface area contributed by atoms with Crippen LogP contribution in [0.2, 0.25) is 15.1 Å². The van der Waals surface area contributed by atoms with E-state index in [1.165, 1.54) is 22.5 Å². The van der Waals surface area contributed by atoms with Crippen LogP contribution in [-0.4, -0.2) is 38.3 Å². The number of piperidine rings is 1. The van der Waals surface area contributed by atoms with E-state index in [-0.39, 0.29) is 41.1 Å². The normalized spacial score (nSPS) is 16.8. The average Bonchev–Trinajstić information content (AvgIpc) is 2.68. The Balaban J connectivity index is 1.75. The molecule has 0 aliphatic carbocycles. The van der Waals surface area contributed by atoms with Crippen LogP contribution in [0.5, 0.6) is 5.75 Å². The molecule has 2 N–H and O–H groups in total. The first kappa shape index (κ1) is 24.1. The fraction of sp³-hybridized carbons (Fsp3) is 0.381. The number of sulfonamides is 1. The molecule has 1 heterocycles. The number of nitrogens with two attached hydrogens (primary N) is 1. The zero-order valence-corrected chi connectivity index (χ0v) is 20.0. The third-order valence-electron chi connectivity index (χ3n) is 5.48. The molecule has 168 valence electrons. The van der Waals surface area contributed by atoms with Crippen LogP contribution in [0, 0.1) is 12.3 Å². The van der Waals surface area contributed by atoms with Gasteiger partial charge < -0.3 is 10.5 Å². The van der Waals surface area contributed by atoms with Crippen LogP contribution >= 0.6 is 34.8 Å². The molecule has 1 amide bonds. The highest BCUT2D eigenvalue weighted by molar-refractivity contribution is 7.89. The van der Waals surface area contributed by atoms with Crippen molar-refractivity contribution in [2.45, 2.75) is 31.1 Å². The minimum absolute atomic E-state index is 0.0419. The lowest BCUT2D eigenvalue weighted by molar-refractivity contribution is -0.121. The molecule has 2 aromatic carbocycles. The van der Waals surface area contributed by atoms with Crippen LogP contribution < -0.4 is 10.5 Å². The quantitative estimate of drug-likeness (QED) is 0.591. The molecule has 0 aromatic heterocycles. The number of nitrogens with zero attached hydrogens (tertiary/aromatic N) is 1. The highest BCUT2D eigenvalue weighted by Gasteiger charge is 2.40. The molecule has 31 heavy (non-hydrogen) atoms. The SMILES string of the molecule is Cc1cc(OCC2(CC(N)=O)CCN(S(=O)(=O)c3cc(Cl)cc(Cl)c3)CC2)ccc1Cl. The summed E-state index contributed by atoms with van der Waals surface area (Å²) in [5, 5.41) is 1.13. The molecule has 0 radical (unpaired) electrons. The van der Waals surface area contributed by atoms with Crippen LogP contribution in [0.3, 0.4) is 0 Å². The second kappa shape index (κ2) is 9.55. The third kappa shape index (κ3) is 5.84. The molecule has 2 aromatic rings. The van der Waals surface area contributed by atoms with E-state index >= 15 is 0 Å². The van der Waals surface area contributed by atoms with Gasteiger partial charge >= 0.3 is 0 Å². The van der Waals surface area contributed by atoms with E-state index in [1.807, 2.05) is 13.0 Å². The van der Waals surface area contributed by atoms with Gasteiger partial charge in [-0.1, -0.05) is 34.8 Å². The molecular formula is C21H23Cl3N2O4S. The summed E-state index contributed by atoms with van der Waals surface area (Å²) in [7, 11) is -3.77. The van der Waals surface area contributed by atoms with Crippen LogP contribution in [0.15, 0.2) is 41.3 Å². The first-order chi connectivity index (χ1) is 14.5. The van der Waals surface area contributed by atoms with Crippen molar-refractivity contribution >= 4 is 50.7 Å². The molecule has 0 saturated carbocycles. The second-order valence-corrected chi connectivity index (χ2v) is 11.1. The highest BCUT2D eigenvalue weighted by atomic mass is 35.5. The lowest BCUT2D eigenvalue weighted by Crippen LogP contribution is -2.47. The number of primary amides is 1. The van der Waals surface area contributed by atoms with Crippen molar-refractivity contribution in [3.05, 3.63) is 57.0 Å². The number of rotatable bonds is 7. The molecule has 6 nitrogen and oxygen atoms in total. The monoisotopic (exact) mass is 504 g/mol. The maximum atomic E-state index is 13.0. The van der Waals surface area contributed by atoms with E-state index < -0.39 is 21.3 Å². The minimum atomic E-state index is -3.77. The molecule has 1 fully saturated rings. The predicted octanol–water partition coefficient (Wildman–Crippen LogP) is 4.68. The van der Waals surface area contributed by atoms with E-state index in [0.717, 1.165) is 5.56 Å². The summed E-state index contributed by atoms with van der Waals surface area (Å²) < 4.78 is 33.4. The lowest BCUT2D eigenvalue weighted by atomic mass is 9.76. The number of carbonyl (C=O) groups excluding carboxylic acids is 1. The van der Waals surface area contributed by atoms with Crippen molar-refractivity contribution in [2.75, 3.05) is 19.7 Å². The van der Waals surface area contributed by atoms with Crippen LogP contribution in [0.25, 0.3) is 0 Å². The maximum absolute atomic E-state index is 13.0. The van der Waals surface area contributed by atoms with Crippen molar-refractivity contribution in [1.82, 2.24) is 4.31 Å². The second-order valence-electron chi connectivity index (χ2n) is 7.85. The Morgan fingerprint density at radius 1 is 1.10 bits per heavy atom. The summed E-state index contributed by atoms with van der Waals surface area (Å²) in [4.78, 5) is 11.8. The Labute approximate surface area is 197 Å². The number of aryl methyl sites for hydroxylation is 1. The van der Waals surface area contributed by atoms with Crippen molar-refractivity contribution < 1.29 is 17.9 Å². The number of benzene rings is 2. The van der Waals surface area contributed by atoms with Crippen LogP contribution in [0.4, 0.5) is 0 Å². The summed E-state index contributed by atoms with van der Waals surface area (Å²) in [6.07, 6.45) is 0.961. The van der Waals surface area contributed by atoms with Gasteiger partial charge in [-0.15, -0.1) is 0 Å². The average molecular weight is 506 g/mol. The first-order valence-corrected chi connectivity index (χ1v) is 12.2. The lowest BCUT2D eigenvalue weighted by Gasteiger charge is -2.40. The zero-order valence-electron chi connectivity index (χ0n) is 16.9. The van der Waals surface area contributed by atoms with Gasteiger partial charge in [-0.25, -0.2) is 8.42 Å². The highest BCUT2D eigenvalue weighted by Crippen LogP contribution is 2.38. The van der Waals surface area contributed by atoms with Gasteiger partial charge in [0.25, 0.3) is 0 Å². The van der Waals surface area contributed by atoms with Crippen LogP contribution in [-0.2, 0) is 14.8 Å². The fourth-order valence-corrected chi connectivity index (χ4v) is 6.00. The van der Waals surface area contributed by atoms with E-state index in [1.54, 1.807) is 12.1 Å². The number of ether oxygens (including phenoxy) is 1. The number of halogens is 3. The Bertz CT molecular complexity index is 1060. The van der Waals surface area contributed by atoms with Crippen LogP contribution in [0.1, 0.15) is 24.8 Å². The molecule has 3 rings (SSSR count). The van der Waals surface area contributed by atoms with E-state index in [4.69, 9.17) is 45.3 Å². The summed E-state index contributed by atoms with van der Waals surface area (Å²) in [6, 6.07) is 9.56. The van der Waals surface area contributed by atoms with Crippen molar-refractivity contribution in [3.63, 3.8) is 0 Å². The topological polar surface area (TPSA) is 89.7 Å². The molecule has 0 atom stereocenters. The Morgan fingerprint density at radius 2 is 1.71 bits per heavy atom. The Kier molecular flexibility index (Phi) is 7.43. The zero-order chi connectivity index (χ0) is 22.8. The molecule has 0 spiro atoms. The number of carbonyl (C=O) groups is 1. The summed E-state index contributed by atoms with van der Waals surface area (Å²) >= 11 is 18.0. The summed E-state index contributed by atoms with van der Waals surface area (Å²) in [6.45, 7) is 2.57. The van der Waals surface area contributed by atoms with Gasteiger partial charge in [-0.2, -0.15) is 4.31 Å². The van der Waals surface area contributed by atoms with Gasteiger partial charge in [0.05, 0.1) is 11.5 Å². The van der Waals surface area contributed by atoms with E-state index in [0.29, 0.717) is 23.6 Å². The number of hydrogen-bond donors (Lipinski definition) is 1. The molecule has 0 bridgehead atoms. The first-order valence-electron chi connectivity index (χ1n) is 9.64. The summed E-state index contributed by atoms with van der Waals surface area (Å²) in [5.74, 6) is 0.184.